The Morgan fingerprint density at radius 1 is 1.08 bits per heavy atom. The highest BCUT2D eigenvalue weighted by molar-refractivity contribution is 9.10. The molecule has 0 spiro atoms. The molecule has 0 saturated carbocycles. The van der Waals surface area contributed by atoms with Crippen molar-refractivity contribution in [2.24, 2.45) is 0 Å². The summed E-state index contributed by atoms with van der Waals surface area (Å²) in [7, 11) is 0. The Bertz CT molecular complexity index is 926. The zero-order chi connectivity index (χ0) is 17.2. The van der Waals surface area contributed by atoms with E-state index in [4.69, 9.17) is 9.97 Å². The molecule has 2 heterocycles. The van der Waals surface area contributed by atoms with Crippen LogP contribution in [0.1, 0.15) is 6.42 Å². The second-order valence-electron chi connectivity index (χ2n) is 5.90. The van der Waals surface area contributed by atoms with Gasteiger partial charge in [0.25, 0.3) is 0 Å². The third kappa shape index (κ3) is 3.55. The van der Waals surface area contributed by atoms with E-state index in [2.05, 4.69) is 15.9 Å². The number of hydrogen-bond acceptors (Lipinski definition) is 4. The summed E-state index contributed by atoms with van der Waals surface area (Å²) in [6.45, 7) is 1.77. The van der Waals surface area contributed by atoms with Crippen molar-refractivity contribution in [2.45, 2.75) is 11.4 Å². The van der Waals surface area contributed by atoms with Crippen LogP contribution < -0.4 is 0 Å². The van der Waals surface area contributed by atoms with Crippen LogP contribution in [-0.4, -0.2) is 39.6 Å². The van der Waals surface area contributed by atoms with Gasteiger partial charge >= 0.3 is 0 Å². The Morgan fingerprint density at radius 3 is 2.56 bits per heavy atom. The minimum atomic E-state index is 0.184. The summed E-state index contributed by atoms with van der Waals surface area (Å²) in [4.78, 5) is 23.5. The predicted octanol–water partition coefficient (Wildman–Crippen LogP) is 4.38. The average molecular weight is 414 g/mol. The van der Waals surface area contributed by atoms with Crippen molar-refractivity contribution in [2.75, 3.05) is 18.8 Å². The first-order valence-corrected chi connectivity index (χ1v) is 9.92. The molecule has 0 radical (unpaired) electrons. The zero-order valence-electron chi connectivity index (χ0n) is 13.5. The number of benzene rings is 2. The molecule has 6 heteroatoms. The average Bonchev–Trinajstić information content (AvgIpc) is 2.58. The largest absolute Gasteiger partial charge is 0.342 e. The Kier molecular flexibility index (Phi) is 4.72. The number of amides is 1. The number of carbonyl (C=O) groups excluding carboxylic acids is 1. The van der Waals surface area contributed by atoms with E-state index in [1.807, 2.05) is 53.4 Å². The number of thioether (sulfide) groups is 1. The first-order valence-electron chi connectivity index (χ1n) is 8.14. The minimum absolute atomic E-state index is 0.184. The molecule has 0 N–H and O–H groups in total. The molecule has 1 aliphatic rings. The number of halogens is 1. The quantitative estimate of drug-likeness (QED) is 0.470. The summed E-state index contributed by atoms with van der Waals surface area (Å²) >= 11 is 4.95. The molecule has 25 heavy (non-hydrogen) atoms. The Hall–Kier alpha value is -1.92. The summed E-state index contributed by atoms with van der Waals surface area (Å²) in [6, 6.07) is 15.9. The van der Waals surface area contributed by atoms with Gasteiger partial charge in [0.05, 0.1) is 11.3 Å². The summed E-state index contributed by atoms with van der Waals surface area (Å²) in [5, 5.41) is 1.85. The number of rotatable bonds is 4. The normalized spacial score (nSPS) is 13.7. The smallest absolute Gasteiger partial charge is 0.232 e. The van der Waals surface area contributed by atoms with Gasteiger partial charge < -0.3 is 4.90 Å². The van der Waals surface area contributed by atoms with Gasteiger partial charge in [-0.1, -0.05) is 58.0 Å². The standard InChI is InChI=1S/C19H16BrN3OS/c20-14-8-6-13(7-9-14)18-21-16-5-2-1-4-15(16)19(22-18)25-12-17(24)23-10-3-11-23/h1-2,4-9H,3,10-12H2. The lowest BCUT2D eigenvalue weighted by molar-refractivity contribution is -0.131. The first kappa shape index (κ1) is 16.5. The van der Waals surface area contributed by atoms with Gasteiger partial charge in [0.1, 0.15) is 5.03 Å². The topological polar surface area (TPSA) is 46.1 Å². The van der Waals surface area contributed by atoms with Crippen molar-refractivity contribution in [3.8, 4) is 11.4 Å². The molecule has 1 saturated heterocycles. The molecule has 1 aromatic heterocycles. The highest BCUT2D eigenvalue weighted by atomic mass is 79.9. The number of aromatic nitrogens is 2. The lowest BCUT2D eigenvalue weighted by Gasteiger charge is -2.30. The minimum Gasteiger partial charge on any atom is -0.342 e. The van der Waals surface area contributed by atoms with Crippen LogP contribution in [0, 0.1) is 0 Å². The maximum Gasteiger partial charge on any atom is 0.232 e. The van der Waals surface area contributed by atoms with Gasteiger partial charge in [-0.05, 0) is 24.6 Å². The van der Waals surface area contributed by atoms with Gasteiger partial charge in [-0.25, -0.2) is 9.97 Å². The van der Waals surface area contributed by atoms with Crippen LogP contribution in [0.25, 0.3) is 22.3 Å². The molecule has 0 atom stereocenters. The molecule has 0 unspecified atom stereocenters. The van der Waals surface area contributed by atoms with Gasteiger partial charge in [0, 0.05) is 28.5 Å². The monoisotopic (exact) mass is 413 g/mol. The number of fused-ring (bicyclic) bond motifs is 1. The maximum absolute atomic E-state index is 12.2. The van der Waals surface area contributed by atoms with Gasteiger partial charge in [0.2, 0.25) is 5.91 Å². The van der Waals surface area contributed by atoms with E-state index in [1.165, 1.54) is 11.8 Å². The van der Waals surface area contributed by atoms with E-state index >= 15 is 0 Å². The highest BCUT2D eigenvalue weighted by Crippen LogP contribution is 2.29. The fourth-order valence-corrected chi connectivity index (χ4v) is 3.86. The fourth-order valence-electron chi connectivity index (χ4n) is 2.67. The molecule has 0 bridgehead atoms. The Morgan fingerprint density at radius 2 is 1.84 bits per heavy atom. The van der Waals surface area contributed by atoms with Crippen LogP contribution in [0.5, 0.6) is 0 Å². The van der Waals surface area contributed by atoms with Crippen LogP contribution in [0.15, 0.2) is 58.0 Å². The molecule has 3 aromatic rings. The lowest BCUT2D eigenvalue weighted by atomic mass is 10.2. The van der Waals surface area contributed by atoms with Crippen molar-refractivity contribution in [1.29, 1.82) is 0 Å². The van der Waals surface area contributed by atoms with Gasteiger partial charge in [0.15, 0.2) is 5.82 Å². The second kappa shape index (κ2) is 7.14. The first-order chi connectivity index (χ1) is 12.2. The van der Waals surface area contributed by atoms with Crippen LogP contribution in [0.4, 0.5) is 0 Å². The van der Waals surface area contributed by atoms with E-state index in [1.54, 1.807) is 0 Å². The van der Waals surface area contributed by atoms with E-state index in [0.29, 0.717) is 11.6 Å². The number of nitrogens with zero attached hydrogens (tertiary/aromatic N) is 3. The van der Waals surface area contributed by atoms with Crippen molar-refractivity contribution in [1.82, 2.24) is 14.9 Å². The van der Waals surface area contributed by atoms with Gasteiger partial charge in [-0.3, -0.25) is 4.79 Å². The summed E-state index contributed by atoms with van der Waals surface area (Å²) in [5.41, 5.74) is 1.86. The molecule has 4 nitrogen and oxygen atoms in total. The van der Waals surface area contributed by atoms with Crippen LogP contribution in [0.3, 0.4) is 0 Å². The Balaban J connectivity index is 1.68. The lowest BCUT2D eigenvalue weighted by Crippen LogP contribution is -2.43. The van der Waals surface area contributed by atoms with E-state index in [-0.39, 0.29) is 5.91 Å². The van der Waals surface area contributed by atoms with Crippen LogP contribution in [0.2, 0.25) is 0 Å². The van der Waals surface area contributed by atoms with Crippen LogP contribution in [-0.2, 0) is 4.79 Å². The maximum atomic E-state index is 12.2. The second-order valence-corrected chi connectivity index (χ2v) is 7.78. The molecule has 1 fully saturated rings. The number of likely N-dealkylation sites (tertiary alicyclic amines) is 1. The van der Waals surface area contributed by atoms with Crippen molar-refractivity contribution in [3.63, 3.8) is 0 Å². The molecular weight excluding hydrogens is 398 g/mol. The summed E-state index contributed by atoms with van der Waals surface area (Å²) in [5.74, 6) is 1.29. The van der Waals surface area contributed by atoms with E-state index in [0.717, 1.165) is 45.5 Å². The van der Waals surface area contributed by atoms with Crippen molar-refractivity contribution >= 4 is 44.5 Å². The van der Waals surface area contributed by atoms with Gasteiger partial charge in [-0.2, -0.15) is 0 Å². The predicted molar refractivity (Wildman–Crippen MR) is 105 cm³/mol. The zero-order valence-corrected chi connectivity index (χ0v) is 15.9. The van der Waals surface area contributed by atoms with Crippen molar-refractivity contribution in [3.05, 3.63) is 53.0 Å². The van der Waals surface area contributed by atoms with Gasteiger partial charge in [-0.15, -0.1) is 0 Å². The summed E-state index contributed by atoms with van der Waals surface area (Å²) < 4.78 is 1.02. The molecular formula is C19H16BrN3OS. The molecule has 4 rings (SSSR count). The molecule has 126 valence electrons. The number of carbonyl (C=O) groups is 1. The SMILES string of the molecule is O=C(CSc1nc(-c2ccc(Br)cc2)nc2ccccc12)N1CCC1. The fraction of sp³-hybridized carbons (Fsp3) is 0.211. The van der Waals surface area contributed by atoms with Crippen molar-refractivity contribution < 1.29 is 4.79 Å². The van der Waals surface area contributed by atoms with E-state index < -0.39 is 0 Å². The Labute approximate surface area is 158 Å². The number of para-hydroxylation sites is 1. The van der Waals surface area contributed by atoms with E-state index in [9.17, 15) is 4.79 Å². The molecule has 2 aromatic carbocycles. The third-order valence-electron chi connectivity index (χ3n) is 4.21. The molecule has 0 aliphatic carbocycles. The number of hydrogen-bond donors (Lipinski definition) is 0. The third-order valence-corrected chi connectivity index (χ3v) is 5.72. The molecule has 1 aliphatic heterocycles. The summed E-state index contributed by atoms with van der Waals surface area (Å²) in [6.07, 6.45) is 1.11. The van der Waals surface area contributed by atoms with Crippen LogP contribution >= 0.6 is 27.7 Å². The molecule has 1 amide bonds. The highest BCUT2D eigenvalue weighted by Gasteiger charge is 2.20.